The third-order valence-electron chi connectivity index (χ3n) is 6.30. The van der Waals surface area contributed by atoms with Crippen molar-refractivity contribution in [2.24, 2.45) is 0 Å². The van der Waals surface area contributed by atoms with Crippen LogP contribution in [-0.2, 0) is 14.3 Å². The molecule has 1 amide bonds. The van der Waals surface area contributed by atoms with Gasteiger partial charge in [-0.05, 0) is 37.6 Å². The van der Waals surface area contributed by atoms with Gasteiger partial charge in [0.05, 0.1) is 29.7 Å². The molecule has 0 spiro atoms. The number of hydrogen-bond donors (Lipinski definition) is 0. The predicted octanol–water partition coefficient (Wildman–Crippen LogP) is 3.38. The summed E-state index contributed by atoms with van der Waals surface area (Å²) < 4.78 is 6.71. The Balaban J connectivity index is 1.50. The number of carbonyl (C=O) groups is 3. The fraction of sp³-hybridized carbons (Fsp3) is 0.308. The fourth-order valence-corrected chi connectivity index (χ4v) is 4.75. The average molecular weight is 495 g/mol. The highest BCUT2D eigenvalue weighted by atomic mass is 35.5. The largest absolute Gasteiger partial charge is 0.468 e. The smallest absolute Gasteiger partial charge is 0.327 e. The molecule has 0 radical (unpaired) electrons. The number of ether oxygens (including phenoxy) is 1. The molecular formula is C26H27ClN4O4. The number of ketones is 1. The summed E-state index contributed by atoms with van der Waals surface area (Å²) in [5, 5.41) is 4.96. The lowest BCUT2D eigenvalue weighted by atomic mass is 10.0. The molecule has 0 aliphatic carbocycles. The zero-order chi connectivity index (χ0) is 25.1. The van der Waals surface area contributed by atoms with Gasteiger partial charge in [0.25, 0.3) is 11.7 Å². The number of aromatic nitrogens is 2. The maximum absolute atomic E-state index is 13.2. The molecule has 182 valence electrons. The number of nitrogens with zero attached hydrogens (tertiary/aromatic N) is 4. The second-order valence-electron chi connectivity index (χ2n) is 8.40. The molecular weight excluding hydrogens is 468 g/mol. The van der Waals surface area contributed by atoms with Crippen molar-refractivity contribution in [1.29, 1.82) is 0 Å². The number of rotatable bonds is 6. The number of esters is 1. The Hall–Kier alpha value is -3.49. The Morgan fingerprint density at radius 3 is 2.20 bits per heavy atom. The highest BCUT2D eigenvalue weighted by molar-refractivity contribution is 6.43. The van der Waals surface area contributed by atoms with Crippen molar-refractivity contribution in [3.8, 4) is 5.69 Å². The van der Waals surface area contributed by atoms with Crippen molar-refractivity contribution in [3.63, 3.8) is 0 Å². The molecule has 1 unspecified atom stereocenters. The average Bonchev–Trinajstić information content (AvgIpc) is 3.18. The van der Waals surface area contributed by atoms with E-state index in [1.54, 1.807) is 36.7 Å². The topological polar surface area (TPSA) is 84.7 Å². The number of amides is 1. The fourth-order valence-electron chi connectivity index (χ4n) is 4.51. The van der Waals surface area contributed by atoms with Crippen LogP contribution in [0.2, 0.25) is 5.02 Å². The zero-order valence-electron chi connectivity index (χ0n) is 19.9. The number of para-hydroxylation sites is 1. The zero-order valence-corrected chi connectivity index (χ0v) is 20.7. The van der Waals surface area contributed by atoms with E-state index < -0.39 is 23.7 Å². The number of Topliss-reactive ketones (excluding diaryl/α,β-unsaturated/α-hetero) is 1. The van der Waals surface area contributed by atoms with Crippen LogP contribution in [-0.4, -0.2) is 70.5 Å². The van der Waals surface area contributed by atoms with E-state index in [2.05, 4.69) is 5.10 Å². The van der Waals surface area contributed by atoms with Crippen molar-refractivity contribution < 1.29 is 19.1 Å². The molecule has 0 saturated carbocycles. The first-order valence-corrected chi connectivity index (χ1v) is 11.7. The molecule has 0 N–H and O–H groups in total. The van der Waals surface area contributed by atoms with Crippen LogP contribution in [0.1, 0.15) is 33.4 Å². The molecule has 3 aromatic rings. The second-order valence-corrected chi connectivity index (χ2v) is 8.80. The van der Waals surface area contributed by atoms with E-state index in [0.717, 1.165) is 5.69 Å². The van der Waals surface area contributed by atoms with Crippen LogP contribution in [0.5, 0.6) is 0 Å². The van der Waals surface area contributed by atoms with Crippen LogP contribution in [0.4, 0.5) is 0 Å². The van der Waals surface area contributed by atoms with Gasteiger partial charge in [-0.1, -0.05) is 48.0 Å². The van der Waals surface area contributed by atoms with E-state index in [-0.39, 0.29) is 0 Å². The van der Waals surface area contributed by atoms with E-state index in [1.165, 1.54) is 12.0 Å². The third kappa shape index (κ3) is 4.85. The molecule has 35 heavy (non-hydrogen) atoms. The molecule has 1 atom stereocenters. The summed E-state index contributed by atoms with van der Waals surface area (Å²) in [6, 6.07) is 15.9. The number of carbonyl (C=O) groups excluding carboxylic acids is 3. The van der Waals surface area contributed by atoms with E-state index in [9.17, 15) is 14.4 Å². The summed E-state index contributed by atoms with van der Waals surface area (Å²) in [4.78, 5) is 42.4. The van der Waals surface area contributed by atoms with Gasteiger partial charge < -0.3 is 9.64 Å². The molecule has 9 heteroatoms. The van der Waals surface area contributed by atoms with Gasteiger partial charge in [0, 0.05) is 31.2 Å². The maximum Gasteiger partial charge on any atom is 0.327 e. The second kappa shape index (κ2) is 10.4. The van der Waals surface area contributed by atoms with Gasteiger partial charge in [0.1, 0.15) is 6.04 Å². The van der Waals surface area contributed by atoms with Gasteiger partial charge in [-0.15, -0.1) is 0 Å². The maximum atomic E-state index is 13.2. The Morgan fingerprint density at radius 2 is 1.57 bits per heavy atom. The summed E-state index contributed by atoms with van der Waals surface area (Å²) in [5.74, 6) is -1.57. The quantitative estimate of drug-likeness (QED) is 0.297. The van der Waals surface area contributed by atoms with E-state index in [0.29, 0.717) is 53.7 Å². The van der Waals surface area contributed by atoms with Gasteiger partial charge >= 0.3 is 5.97 Å². The molecule has 1 aliphatic heterocycles. The first-order chi connectivity index (χ1) is 16.8. The van der Waals surface area contributed by atoms with Gasteiger partial charge in [-0.2, -0.15) is 5.10 Å². The highest BCUT2D eigenvalue weighted by Crippen LogP contribution is 2.29. The highest BCUT2D eigenvalue weighted by Gasteiger charge is 2.36. The van der Waals surface area contributed by atoms with Gasteiger partial charge in [-0.3, -0.25) is 14.5 Å². The lowest BCUT2D eigenvalue weighted by molar-refractivity contribution is -0.148. The number of methoxy groups -OCH3 is 1. The molecule has 8 nitrogen and oxygen atoms in total. The SMILES string of the molecule is COC(=O)C(c1ccccc1Cl)N1CCN(C(=O)C(=O)c2c(C)nn(-c3ccccc3)c2C)CC1. The Morgan fingerprint density at radius 1 is 0.943 bits per heavy atom. The lowest BCUT2D eigenvalue weighted by Gasteiger charge is -2.38. The first kappa shape index (κ1) is 24.6. The summed E-state index contributed by atoms with van der Waals surface area (Å²) >= 11 is 6.35. The lowest BCUT2D eigenvalue weighted by Crippen LogP contribution is -2.52. The van der Waals surface area contributed by atoms with Crippen molar-refractivity contribution in [2.75, 3.05) is 33.3 Å². The van der Waals surface area contributed by atoms with Crippen LogP contribution in [0.25, 0.3) is 5.69 Å². The standard InChI is InChI=1S/C26H27ClN4O4/c1-17-22(18(2)31(28-17)19-9-5-4-6-10-19)24(32)25(33)30-15-13-29(14-16-30)23(26(34)35-3)20-11-7-8-12-21(20)27/h4-12,23H,13-16H2,1-3H3. The summed E-state index contributed by atoms with van der Waals surface area (Å²) in [6.07, 6.45) is 0. The van der Waals surface area contributed by atoms with Crippen LogP contribution >= 0.6 is 11.6 Å². The van der Waals surface area contributed by atoms with E-state index in [1.807, 2.05) is 41.3 Å². The molecule has 1 saturated heterocycles. The minimum Gasteiger partial charge on any atom is -0.468 e. The molecule has 4 rings (SSSR count). The van der Waals surface area contributed by atoms with Crippen molar-refractivity contribution in [2.45, 2.75) is 19.9 Å². The normalized spacial score (nSPS) is 15.0. The molecule has 2 heterocycles. The third-order valence-corrected chi connectivity index (χ3v) is 6.65. The molecule has 1 aromatic heterocycles. The first-order valence-electron chi connectivity index (χ1n) is 11.3. The number of halogens is 1. The van der Waals surface area contributed by atoms with E-state index >= 15 is 0 Å². The van der Waals surface area contributed by atoms with Crippen LogP contribution in [0.3, 0.4) is 0 Å². The van der Waals surface area contributed by atoms with E-state index in [4.69, 9.17) is 16.3 Å². The molecule has 0 bridgehead atoms. The summed E-state index contributed by atoms with van der Waals surface area (Å²) in [6.45, 7) is 4.91. The number of piperazine rings is 1. The molecule has 1 fully saturated rings. The molecule has 1 aliphatic rings. The Kier molecular flexibility index (Phi) is 7.33. The van der Waals surface area contributed by atoms with Crippen molar-refractivity contribution in [1.82, 2.24) is 19.6 Å². The van der Waals surface area contributed by atoms with Crippen molar-refractivity contribution in [3.05, 3.63) is 82.1 Å². The van der Waals surface area contributed by atoms with Crippen molar-refractivity contribution >= 4 is 29.3 Å². The van der Waals surface area contributed by atoms with Crippen LogP contribution in [0.15, 0.2) is 54.6 Å². The molecule has 2 aromatic carbocycles. The monoisotopic (exact) mass is 494 g/mol. The van der Waals surface area contributed by atoms with Gasteiger partial charge in [-0.25, -0.2) is 9.48 Å². The Labute approximate surface area is 209 Å². The van der Waals surface area contributed by atoms with Crippen LogP contribution in [0, 0.1) is 13.8 Å². The minimum absolute atomic E-state index is 0.299. The van der Waals surface area contributed by atoms with Gasteiger partial charge in [0.15, 0.2) is 0 Å². The number of benzene rings is 2. The number of aryl methyl sites for hydroxylation is 1. The Bertz CT molecular complexity index is 1250. The van der Waals surface area contributed by atoms with Crippen LogP contribution < -0.4 is 0 Å². The number of hydrogen-bond acceptors (Lipinski definition) is 6. The predicted molar refractivity (Wildman–Crippen MR) is 132 cm³/mol. The summed E-state index contributed by atoms with van der Waals surface area (Å²) in [5.41, 5.74) is 2.92. The summed E-state index contributed by atoms with van der Waals surface area (Å²) in [7, 11) is 1.34. The van der Waals surface area contributed by atoms with Gasteiger partial charge in [0.2, 0.25) is 0 Å². The minimum atomic E-state index is -0.685.